The second kappa shape index (κ2) is 7.97. The number of hydrogen-bond acceptors (Lipinski definition) is 6. The maximum absolute atomic E-state index is 13.0. The molecule has 0 unspecified atom stereocenters. The SMILES string of the molecule is COC(=O)N1CCN(c2cn(C)c3nc(OCc4ccc(F)cn4)ccc23)C(=O)C1. The average molecular weight is 413 g/mol. The van der Waals surface area contributed by atoms with Crippen molar-refractivity contribution in [1.29, 1.82) is 0 Å². The largest absolute Gasteiger partial charge is 0.471 e. The van der Waals surface area contributed by atoms with Crippen LogP contribution < -0.4 is 9.64 Å². The van der Waals surface area contributed by atoms with E-state index in [1.54, 1.807) is 17.0 Å². The quantitative estimate of drug-likeness (QED) is 0.651. The Morgan fingerprint density at radius 1 is 1.23 bits per heavy atom. The number of pyridine rings is 2. The smallest absolute Gasteiger partial charge is 0.410 e. The second-order valence-electron chi connectivity index (χ2n) is 6.84. The number of fused-ring (bicyclic) bond motifs is 1. The summed E-state index contributed by atoms with van der Waals surface area (Å²) in [6, 6.07) is 6.42. The third kappa shape index (κ3) is 3.76. The number of piperazine rings is 1. The number of anilines is 1. The van der Waals surface area contributed by atoms with Gasteiger partial charge in [-0.05, 0) is 18.2 Å². The van der Waals surface area contributed by atoms with Crippen LogP contribution in [0.25, 0.3) is 11.0 Å². The molecule has 0 spiro atoms. The van der Waals surface area contributed by atoms with Gasteiger partial charge in [-0.3, -0.25) is 14.7 Å². The first-order valence-electron chi connectivity index (χ1n) is 9.29. The summed E-state index contributed by atoms with van der Waals surface area (Å²) < 4.78 is 25.1. The molecule has 9 nitrogen and oxygen atoms in total. The molecule has 0 radical (unpaired) electrons. The van der Waals surface area contributed by atoms with E-state index >= 15 is 0 Å². The number of hydrogen-bond donors (Lipinski definition) is 0. The maximum atomic E-state index is 13.0. The van der Waals surface area contributed by atoms with Crippen LogP contribution in [-0.2, 0) is 23.2 Å². The molecule has 1 aliphatic heterocycles. The van der Waals surface area contributed by atoms with E-state index in [1.165, 1.54) is 18.1 Å². The molecule has 10 heteroatoms. The van der Waals surface area contributed by atoms with Gasteiger partial charge in [0.2, 0.25) is 11.8 Å². The highest BCUT2D eigenvalue weighted by Crippen LogP contribution is 2.30. The second-order valence-corrected chi connectivity index (χ2v) is 6.84. The van der Waals surface area contributed by atoms with E-state index in [0.29, 0.717) is 30.3 Å². The zero-order valence-electron chi connectivity index (χ0n) is 16.5. The molecule has 1 fully saturated rings. The van der Waals surface area contributed by atoms with Crippen LogP contribution in [0.3, 0.4) is 0 Å². The van der Waals surface area contributed by atoms with Gasteiger partial charge in [-0.1, -0.05) is 0 Å². The minimum absolute atomic E-state index is 0.0393. The fourth-order valence-corrected chi connectivity index (χ4v) is 3.36. The minimum Gasteiger partial charge on any atom is -0.471 e. The molecule has 2 amide bonds. The molecular formula is C20H20FN5O4. The summed E-state index contributed by atoms with van der Waals surface area (Å²) >= 11 is 0. The number of amides is 2. The Bertz CT molecular complexity index is 1100. The minimum atomic E-state index is -0.514. The lowest BCUT2D eigenvalue weighted by Crippen LogP contribution is -2.52. The summed E-state index contributed by atoms with van der Waals surface area (Å²) in [6.45, 7) is 0.863. The van der Waals surface area contributed by atoms with E-state index < -0.39 is 11.9 Å². The highest BCUT2D eigenvalue weighted by atomic mass is 19.1. The van der Waals surface area contributed by atoms with Gasteiger partial charge in [-0.25, -0.2) is 9.18 Å². The fourth-order valence-electron chi connectivity index (χ4n) is 3.36. The fraction of sp³-hybridized carbons (Fsp3) is 0.300. The van der Waals surface area contributed by atoms with Gasteiger partial charge in [0.05, 0.1) is 24.7 Å². The summed E-state index contributed by atoms with van der Waals surface area (Å²) in [5, 5.41) is 0.796. The van der Waals surface area contributed by atoms with Crippen LogP contribution in [0.5, 0.6) is 5.88 Å². The van der Waals surface area contributed by atoms with E-state index in [4.69, 9.17) is 9.47 Å². The van der Waals surface area contributed by atoms with Gasteiger partial charge in [0.1, 0.15) is 24.6 Å². The molecule has 0 N–H and O–H groups in total. The van der Waals surface area contributed by atoms with Crippen LogP contribution in [-0.4, -0.2) is 58.2 Å². The predicted octanol–water partition coefficient (Wildman–Crippen LogP) is 2.10. The lowest BCUT2D eigenvalue weighted by molar-refractivity contribution is -0.120. The van der Waals surface area contributed by atoms with Gasteiger partial charge in [0.25, 0.3) is 0 Å². The van der Waals surface area contributed by atoms with Gasteiger partial charge in [0.15, 0.2) is 0 Å². The Hall–Kier alpha value is -3.69. The summed E-state index contributed by atoms with van der Waals surface area (Å²) in [5.41, 5.74) is 1.96. The van der Waals surface area contributed by atoms with Crippen LogP contribution in [0.15, 0.2) is 36.7 Å². The van der Waals surface area contributed by atoms with E-state index in [9.17, 15) is 14.0 Å². The molecule has 0 bridgehead atoms. The van der Waals surface area contributed by atoms with Crippen LogP contribution in [0.4, 0.5) is 14.9 Å². The molecule has 156 valence electrons. The summed E-state index contributed by atoms with van der Waals surface area (Å²) in [7, 11) is 3.13. The molecule has 3 aromatic heterocycles. The zero-order chi connectivity index (χ0) is 21.3. The van der Waals surface area contributed by atoms with Crippen molar-refractivity contribution in [1.82, 2.24) is 19.4 Å². The predicted molar refractivity (Wildman–Crippen MR) is 106 cm³/mol. The number of nitrogens with zero attached hydrogens (tertiary/aromatic N) is 5. The van der Waals surface area contributed by atoms with Crippen molar-refractivity contribution < 1.29 is 23.5 Å². The number of carbonyl (C=O) groups excluding carboxylic acids is 2. The first kappa shape index (κ1) is 19.6. The normalized spacial score (nSPS) is 14.3. The topological polar surface area (TPSA) is 89.8 Å². The molecule has 0 aliphatic carbocycles. The van der Waals surface area contributed by atoms with Gasteiger partial charge >= 0.3 is 6.09 Å². The van der Waals surface area contributed by atoms with Gasteiger partial charge < -0.3 is 18.9 Å². The van der Waals surface area contributed by atoms with Crippen LogP contribution in [0, 0.1) is 5.82 Å². The Kier molecular flexibility index (Phi) is 5.21. The van der Waals surface area contributed by atoms with Crippen molar-refractivity contribution in [2.75, 3.05) is 31.6 Å². The van der Waals surface area contributed by atoms with Crippen molar-refractivity contribution >= 4 is 28.7 Å². The number of halogens is 1. The third-order valence-electron chi connectivity index (χ3n) is 4.88. The molecule has 3 aromatic rings. The molecular weight excluding hydrogens is 393 g/mol. The lowest BCUT2D eigenvalue weighted by Gasteiger charge is -2.33. The van der Waals surface area contributed by atoms with E-state index in [1.807, 2.05) is 23.9 Å². The van der Waals surface area contributed by atoms with Crippen molar-refractivity contribution in [3.05, 3.63) is 48.2 Å². The molecule has 30 heavy (non-hydrogen) atoms. The van der Waals surface area contributed by atoms with Crippen molar-refractivity contribution in [2.24, 2.45) is 7.05 Å². The Balaban J connectivity index is 1.53. The van der Waals surface area contributed by atoms with E-state index in [2.05, 4.69) is 9.97 Å². The average Bonchev–Trinajstić information content (AvgIpc) is 3.08. The summed E-state index contributed by atoms with van der Waals surface area (Å²) in [5.74, 6) is -0.207. The highest BCUT2D eigenvalue weighted by molar-refractivity contribution is 6.04. The van der Waals surface area contributed by atoms with E-state index in [-0.39, 0.29) is 19.1 Å². The molecule has 4 rings (SSSR count). The van der Waals surface area contributed by atoms with Crippen LogP contribution >= 0.6 is 0 Å². The number of aryl methyl sites for hydroxylation is 1. The van der Waals surface area contributed by atoms with Gasteiger partial charge in [-0.2, -0.15) is 4.98 Å². The molecule has 0 saturated carbocycles. The first-order valence-corrected chi connectivity index (χ1v) is 9.29. The Morgan fingerprint density at radius 2 is 2.07 bits per heavy atom. The summed E-state index contributed by atoms with van der Waals surface area (Å²) in [4.78, 5) is 35.8. The maximum Gasteiger partial charge on any atom is 0.410 e. The van der Waals surface area contributed by atoms with Crippen molar-refractivity contribution in [2.45, 2.75) is 6.61 Å². The number of aromatic nitrogens is 3. The van der Waals surface area contributed by atoms with Crippen molar-refractivity contribution in [3.8, 4) is 5.88 Å². The zero-order valence-corrected chi connectivity index (χ0v) is 16.5. The third-order valence-corrected chi connectivity index (χ3v) is 4.88. The molecule has 1 aliphatic rings. The van der Waals surface area contributed by atoms with Gasteiger partial charge in [-0.15, -0.1) is 0 Å². The van der Waals surface area contributed by atoms with Gasteiger partial charge in [0, 0.05) is 37.8 Å². The molecule has 0 aromatic carbocycles. The molecule has 1 saturated heterocycles. The number of carbonyl (C=O) groups is 2. The Labute approximate surface area is 171 Å². The lowest BCUT2D eigenvalue weighted by atomic mass is 10.2. The highest BCUT2D eigenvalue weighted by Gasteiger charge is 2.30. The number of rotatable bonds is 4. The van der Waals surface area contributed by atoms with Crippen LogP contribution in [0.2, 0.25) is 0 Å². The molecule has 0 atom stereocenters. The Morgan fingerprint density at radius 3 is 2.77 bits per heavy atom. The number of methoxy groups -OCH3 is 1. The van der Waals surface area contributed by atoms with E-state index in [0.717, 1.165) is 17.3 Å². The monoisotopic (exact) mass is 413 g/mol. The first-order chi connectivity index (χ1) is 14.5. The molecule has 4 heterocycles. The number of ether oxygens (including phenoxy) is 2. The van der Waals surface area contributed by atoms with Crippen molar-refractivity contribution in [3.63, 3.8) is 0 Å². The standard InChI is InChI=1S/C20H20FN5O4/c1-24-10-16(26-8-7-25(11-18(26)27)20(28)29-2)15-5-6-17(23-19(15)24)30-12-14-4-3-13(21)9-22-14/h3-6,9-10H,7-8,11-12H2,1-2H3. The van der Waals surface area contributed by atoms with Crippen LogP contribution in [0.1, 0.15) is 5.69 Å². The summed E-state index contributed by atoms with van der Waals surface area (Å²) in [6.07, 6.45) is 2.45.